The maximum Gasteiger partial charge on any atom is 0.217 e. The average molecular weight is 247 g/mol. The van der Waals surface area contributed by atoms with E-state index < -0.39 is 0 Å². The summed E-state index contributed by atoms with van der Waals surface area (Å²) in [4.78, 5) is 13.3. The number of anilines is 1. The minimum absolute atomic E-state index is 0.0501. The van der Waals surface area contributed by atoms with Gasteiger partial charge in [0.25, 0.3) is 0 Å². The van der Waals surface area contributed by atoms with E-state index in [0.717, 1.165) is 25.1 Å². The molecule has 4 nitrogen and oxygen atoms in total. The van der Waals surface area contributed by atoms with Crippen molar-refractivity contribution in [2.24, 2.45) is 5.73 Å². The van der Waals surface area contributed by atoms with Crippen LogP contribution in [-0.2, 0) is 4.79 Å². The first kappa shape index (κ1) is 12.9. The lowest BCUT2D eigenvalue weighted by atomic mass is 10.1. The van der Waals surface area contributed by atoms with Gasteiger partial charge in [-0.25, -0.2) is 0 Å². The lowest BCUT2D eigenvalue weighted by Gasteiger charge is -2.19. The maximum atomic E-state index is 11.0. The number of rotatable bonds is 3. The second-order valence-electron chi connectivity index (χ2n) is 5.01. The molecule has 1 aliphatic rings. The number of amides is 1. The van der Waals surface area contributed by atoms with Crippen molar-refractivity contribution in [2.45, 2.75) is 32.4 Å². The third-order valence-electron chi connectivity index (χ3n) is 3.38. The lowest BCUT2D eigenvalue weighted by molar-refractivity contribution is -0.119. The van der Waals surface area contributed by atoms with Gasteiger partial charge in [0, 0.05) is 37.8 Å². The molecule has 0 spiro atoms. The zero-order valence-corrected chi connectivity index (χ0v) is 11.0. The van der Waals surface area contributed by atoms with Gasteiger partial charge in [0.1, 0.15) is 0 Å². The quantitative estimate of drug-likeness (QED) is 0.849. The molecule has 2 atom stereocenters. The van der Waals surface area contributed by atoms with Crippen LogP contribution in [0.3, 0.4) is 0 Å². The summed E-state index contributed by atoms with van der Waals surface area (Å²) in [6, 6.07) is 8.71. The molecule has 1 aromatic rings. The Morgan fingerprint density at radius 3 is 2.67 bits per heavy atom. The number of nitrogens with one attached hydrogen (secondary N) is 1. The van der Waals surface area contributed by atoms with Gasteiger partial charge in [-0.2, -0.15) is 0 Å². The largest absolute Gasteiger partial charge is 0.369 e. The van der Waals surface area contributed by atoms with Gasteiger partial charge in [0.2, 0.25) is 5.91 Å². The number of carbonyl (C=O) groups is 1. The van der Waals surface area contributed by atoms with E-state index in [1.165, 1.54) is 5.69 Å². The van der Waals surface area contributed by atoms with E-state index in [1.807, 2.05) is 6.92 Å². The summed E-state index contributed by atoms with van der Waals surface area (Å²) in [7, 11) is 0. The molecule has 3 N–H and O–H groups in total. The summed E-state index contributed by atoms with van der Waals surface area (Å²) in [5.74, 6) is 0.0501. The van der Waals surface area contributed by atoms with Crippen LogP contribution in [0, 0.1) is 0 Å². The number of hydrogen-bond donors (Lipinski definition) is 2. The summed E-state index contributed by atoms with van der Waals surface area (Å²) < 4.78 is 0. The third-order valence-corrected chi connectivity index (χ3v) is 3.38. The molecule has 2 unspecified atom stereocenters. The summed E-state index contributed by atoms with van der Waals surface area (Å²) in [6.45, 7) is 5.43. The molecular formula is C14H21N3O. The van der Waals surface area contributed by atoms with Gasteiger partial charge >= 0.3 is 0 Å². The second-order valence-corrected chi connectivity index (χ2v) is 5.01. The molecule has 2 rings (SSSR count). The first-order valence-corrected chi connectivity index (χ1v) is 6.44. The highest BCUT2D eigenvalue weighted by Gasteiger charge is 2.23. The topological polar surface area (TPSA) is 58.4 Å². The molecule has 1 heterocycles. The minimum atomic E-state index is 0.0501. The van der Waals surface area contributed by atoms with E-state index in [4.69, 9.17) is 5.73 Å². The van der Waals surface area contributed by atoms with Crippen molar-refractivity contribution in [1.82, 2.24) is 5.32 Å². The average Bonchev–Trinajstić information content (AvgIpc) is 2.76. The second kappa shape index (κ2) is 5.40. The zero-order chi connectivity index (χ0) is 13.1. The Balaban J connectivity index is 1.98. The number of nitrogens with two attached hydrogens (primary N) is 1. The molecule has 1 fully saturated rings. The van der Waals surface area contributed by atoms with Gasteiger partial charge < -0.3 is 16.0 Å². The van der Waals surface area contributed by atoms with Crippen molar-refractivity contribution < 1.29 is 4.79 Å². The van der Waals surface area contributed by atoms with Crippen LogP contribution in [0.15, 0.2) is 24.3 Å². The Hall–Kier alpha value is -1.55. The first-order valence-electron chi connectivity index (χ1n) is 6.44. The predicted octanol–water partition coefficient (Wildman–Crippen LogP) is 1.42. The summed E-state index contributed by atoms with van der Waals surface area (Å²) in [6.07, 6.45) is 1.01. The van der Waals surface area contributed by atoms with E-state index in [1.54, 1.807) is 6.92 Å². The highest BCUT2D eigenvalue weighted by Crippen LogP contribution is 2.22. The van der Waals surface area contributed by atoms with E-state index in [2.05, 4.69) is 34.5 Å². The fourth-order valence-electron chi connectivity index (χ4n) is 2.39. The SMILES string of the molecule is CC(=O)NC1CCN(c2ccc(C(C)N)cc2)C1. The van der Waals surface area contributed by atoms with E-state index >= 15 is 0 Å². The zero-order valence-electron chi connectivity index (χ0n) is 11.0. The fourth-order valence-corrected chi connectivity index (χ4v) is 2.39. The molecule has 98 valence electrons. The predicted molar refractivity (Wildman–Crippen MR) is 73.5 cm³/mol. The van der Waals surface area contributed by atoms with Gasteiger partial charge in [-0.3, -0.25) is 4.79 Å². The number of nitrogens with zero attached hydrogens (tertiary/aromatic N) is 1. The molecule has 0 saturated carbocycles. The highest BCUT2D eigenvalue weighted by atomic mass is 16.1. The van der Waals surface area contributed by atoms with Crippen molar-refractivity contribution >= 4 is 11.6 Å². The fraction of sp³-hybridized carbons (Fsp3) is 0.500. The number of hydrogen-bond acceptors (Lipinski definition) is 3. The van der Waals surface area contributed by atoms with E-state index in [0.29, 0.717) is 0 Å². The maximum absolute atomic E-state index is 11.0. The van der Waals surface area contributed by atoms with Gasteiger partial charge in [-0.1, -0.05) is 12.1 Å². The number of carbonyl (C=O) groups excluding carboxylic acids is 1. The molecule has 0 radical (unpaired) electrons. The van der Waals surface area contributed by atoms with Gasteiger partial charge in [-0.05, 0) is 31.0 Å². The monoisotopic (exact) mass is 247 g/mol. The Kier molecular flexibility index (Phi) is 3.87. The molecular weight excluding hydrogens is 226 g/mol. The standard InChI is InChI=1S/C14H21N3O/c1-10(15)12-3-5-14(6-4-12)17-8-7-13(9-17)16-11(2)18/h3-6,10,13H,7-9,15H2,1-2H3,(H,16,18). The Labute approximate surface area is 108 Å². The molecule has 1 aromatic carbocycles. The summed E-state index contributed by atoms with van der Waals surface area (Å²) in [5, 5.41) is 2.97. The molecule has 4 heteroatoms. The first-order chi connectivity index (χ1) is 8.56. The third kappa shape index (κ3) is 3.01. The van der Waals surface area contributed by atoms with Crippen LogP contribution in [0.4, 0.5) is 5.69 Å². The normalized spacial score (nSPS) is 20.8. The van der Waals surface area contributed by atoms with Crippen LogP contribution in [0.5, 0.6) is 0 Å². The van der Waals surface area contributed by atoms with Gasteiger partial charge in [0.05, 0.1) is 0 Å². The Morgan fingerprint density at radius 1 is 1.44 bits per heavy atom. The van der Waals surface area contributed by atoms with E-state index in [9.17, 15) is 4.79 Å². The van der Waals surface area contributed by atoms with Crippen molar-refractivity contribution in [3.05, 3.63) is 29.8 Å². The summed E-state index contributed by atoms with van der Waals surface area (Å²) >= 11 is 0. The molecule has 1 aliphatic heterocycles. The van der Waals surface area contributed by atoms with Crippen molar-refractivity contribution in [1.29, 1.82) is 0 Å². The van der Waals surface area contributed by atoms with Gasteiger partial charge in [-0.15, -0.1) is 0 Å². The Bertz CT molecular complexity index is 414. The molecule has 0 aliphatic carbocycles. The van der Waals surface area contributed by atoms with Crippen LogP contribution >= 0.6 is 0 Å². The molecule has 18 heavy (non-hydrogen) atoms. The number of benzene rings is 1. The molecule has 1 amide bonds. The Morgan fingerprint density at radius 2 is 2.11 bits per heavy atom. The smallest absolute Gasteiger partial charge is 0.217 e. The van der Waals surface area contributed by atoms with Crippen LogP contribution < -0.4 is 16.0 Å². The van der Waals surface area contributed by atoms with Crippen LogP contribution in [-0.4, -0.2) is 25.0 Å². The highest BCUT2D eigenvalue weighted by molar-refractivity contribution is 5.73. The van der Waals surface area contributed by atoms with Crippen LogP contribution in [0.2, 0.25) is 0 Å². The van der Waals surface area contributed by atoms with Crippen LogP contribution in [0.25, 0.3) is 0 Å². The van der Waals surface area contributed by atoms with E-state index in [-0.39, 0.29) is 18.0 Å². The molecule has 0 aromatic heterocycles. The van der Waals surface area contributed by atoms with Gasteiger partial charge in [0.15, 0.2) is 0 Å². The minimum Gasteiger partial charge on any atom is -0.369 e. The van der Waals surface area contributed by atoms with Crippen molar-refractivity contribution in [3.63, 3.8) is 0 Å². The molecule has 0 bridgehead atoms. The van der Waals surface area contributed by atoms with Crippen molar-refractivity contribution in [3.8, 4) is 0 Å². The van der Waals surface area contributed by atoms with Crippen molar-refractivity contribution in [2.75, 3.05) is 18.0 Å². The summed E-state index contributed by atoms with van der Waals surface area (Å²) in [5.41, 5.74) is 8.18. The van der Waals surface area contributed by atoms with Crippen LogP contribution in [0.1, 0.15) is 31.9 Å². The lowest BCUT2D eigenvalue weighted by Crippen LogP contribution is -2.35. The molecule has 1 saturated heterocycles.